The quantitative estimate of drug-likeness (QED) is 0.581. The van der Waals surface area contributed by atoms with Gasteiger partial charge in [0.15, 0.2) is 0 Å². The van der Waals surface area contributed by atoms with Gasteiger partial charge in [0.05, 0.1) is 0 Å². The fourth-order valence-corrected chi connectivity index (χ4v) is 2.11. The Morgan fingerprint density at radius 1 is 1.15 bits per heavy atom. The van der Waals surface area contributed by atoms with E-state index in [1.807, 2.05) is 13.8 Å². The summed E-state index contributed by atoms with van der Waals surface area (Å²) in [5.41, 5.74) is 3.66. The number of hydrazine groups is 1. The van der Waals surface area contributed by atoms with Crippen molar-refractivity contribution in [3.05, 3.63) is 11.4 Å². The van der Waals surface area contributed by atoms with Crippen LogP contribution in [0.1, 0.15) is 25.2 Å². The van der Waals surface area contributed by atoms with Crippen LogP contribution in [0, 0.1) is 19.8 Å². The summed E-state index contributed by atoms with van der Waals surface area (Å²) in [4.78, 5) is 13.4. The first-order chi connectivity index (χ1) is 9.35. The second-order valence-corrected chi connectivity index (χ2v) is 5.86. The number of hydrogen-bond donors (Lipinski definition) is 2. The van der Waals surface area contributed by atoms with E-state index in [0.717, 1.165) is 36.8 Å². The van der Waals surface area contributed by atoms with Crippen LogP contribution in [0.3, 0.4) is 0 Å². The molecule has 0 spiro atoms. The van der Waals surface area contributed by atoms with E-state index in [4.69, 9.17) is 5.84 Å². The van der Waals surface area contributed by atoms with Crippen LogP contribution in [0.5, 0.6) is 0 Å². The zero-order chi connectivity index (χ0) is 15.3. The Morgan fingerprint density at radius 2 is 1.80 bits per heavy atom. The van der Waals surface area contributed by atoms with Crippen LogP contribution in [0.2, 0.25) is 0 Å². The van der Waals surface area contributed by atoms with Gasteiger partial charge in [-0.15, -0.1) is 0 Å². The number of nitrogens with zero attached hydrogens (tertiary/aromatic N) is 4. The summed E-state index contributed by atoms with van der Waals surface area (Å²) in [6, 6.07) is 0. The maximum Gasteiger partial charge on any atom is 0.148 e. The number of nitrogens with two attached hydrogens (primary N) is 1. The molecule has 1 aromatic rings. The molecule has 3 N–H and O–H groups in total. The molecule has 0 unspecified atom stereocenters. The van der Waals surface area contributed by atoms with E-state index in [2.05, 4.69) is 53.1 Å². The van der Waals surface area contributed by atoms with Gasteiger partial charge in [0.2, 0.25) is 0 Å². The highest BCUT2D eigenvalue weighted by molar-refractivity contribution is 5.58. The third kappa shape index (κ3) is 4.61. The lowest BCUT2D eigenvalue weighted by molar-refractivity contribution is 0.408. The fourth-order valence-electron chi connectivity index (χ4n) is 2.11. The molecule has 0 radical (unpaired) electrons. The van der Waals surface area contributed by atoms with E-state index in [1.165, 1.54) is 0 Å². The molecule has 0 bridgehead atoms. The minimum Gasteiger partial charge on any atom is -0.355 e. The lowest BCUT2D eigenvalue weighted by Crippen LogP contribution is -2.36. The molecule has 0 saturated carbocycles. The molecular weight excluding hydrogens is 252 g/mol. The van der Waals surface area contributed by atoms with Gasteiger partial charge in [0.25, 0.3) is 0 Å². The highest BCUT2D eigenvalue weighted by Crippen LogP contribution is 2.23. The van der Waals surface area contributed by atoms with Gasteiger partial charge in [0, 0.05) is 25.2 Å². The van der Waals surface area contributed by atoms with E-state index in [-0.39, 0.29) is 0 Å². The molecule has 1 rings (SSSR count). The van der Waals surface area contributed by atoms with Gasteiger partial charge in [-0.1, -0.05) is 13.8 Å². The van der Waals surface area contributed by atoms with Gasteiger partial charge in [-0.05, 0) is 33.9 Å². The maximum atomic E-state index is 5.54. The highest BCUT2D eigenvalue weighted by atomic mass is 15.3. The zero-order valence-corrected chi connectivity index (χ0v) is 13.6. The van der Waals surface area contributed by atoms with E-state index < -0.39 is 0 Å². The Labute approximate surface area is 122 Å². The van der Waals surface area contributed by atoms with Crippen LogP contribution in [0.15, 0.2) is 0 Å². The van der Waals surface area contributed by atoms with Gasteiger partial charge in [-0.25, -0.2) is 15.8 Å². The van der Waals surface area contributed by atoms with Gasteiger partial charge >= 0.3 is 0 Å². The molecule has 1 aromatic heterocycles. The minimum atomic E-state index is 0.570. The molecular formula is C14H28N6. The van der Waals surface area contributed by atoms with Gasteiger partial charge < -0.3 is 15.2 Å². The molecule has 0 aliphatic carbocycles. The largest absolute Gasteiger partial charge is 0.355 e. The summed E-state index contributed by atoms with van der Waals surface area (Å²) in [5, 5.41) is 0. The average Bonchev–Trinajstić information content (AvgIpc) is 2.36. The number of aromatic nitrogens is 2. The molecule has 6 nitrogen and oxygen atoms in total. The van der Waals surface area contributed by atoms with Crippen molar-refractivity contribution in [1.29, 1.82) is 0 Å². The van der Waals surface area contributed by atoms with Crippen LogP contribution in [-0.2, 0) is 0 Å². The molecule has 0 aliphatic heterocycles. The first kappa shape index (κ1) is 16.7. The predicted molar refractivity (Wildman–Crippen MR) is 84.9 cm³/mol. The van der Waals surface area contributed by atoms with Crippen molar-refractivity contribution in [2.24, 2.45) is 11.8 Å². The molecule has 0 fully saturated rings. The summed E-state index contributed by atoms with van der Waals surface area (Å²) in [5.74, 6) is 8.52. The topological polar surface area (TPSA) is 70.3 Å². The lowest BCUT2D eigenvalue weighted by Gasteiger charge is -2.29. The van der Waals surface area contributed by atoms with Crippen molar-refractivity contribution in [2.45, 2.75) is 27.7 Å². The molecule has 0 saturated heterocycles. The summed E-state index contributed by atoms with van der Waals surface area (Å²) in [6.07, 6.45) is 0. The third-order valence-electron chi connectivity index (χ3n) is 3.07. The number of likely N-dealkylation sites (N-methyl/N-ethyl adjacent to an activating group) is 1. The Balaban J connectivity index is 3.08. The summed E-state index contributed by atoms with van der Waals surface area (Å²) in [7, 11) is 4.16. The molecule has 0 aliphatic rings. The zero-order valence-electron chi connectivity index (χ0n) is 13.6. The van der Waals surface area contributed by atoms with Crippen molar-refractivity contribution in [2.75, 3.05) is 44.1 Å². The van der Waals surface area contributed by atoms with Crippen LogP contribution >= 0.6 is 0 Å². The molecule has 0 atom stereocenters. The van der Waals surface area contributed by atoms with E-state index in [1.54, 1.807) is 0 Å². The number of hydrogen-bond acceptors (Lipinski definition) is 6. The van der Waals surface area contributed by atoms with Crippen LogP contribution in [0.4, 0.5) is 11.6 Å². The predicted octanol–water partition coefficient (Wildman–Crippen LogP) is 1.40. The Kier molecular flexibility index (Phi) is 6.16. The van der Waals surface area contributed by atoms with Gasteiger partial charge in [0.1, 0.15) is 17.5 Å². The SMILES string of the molecule is Cc1nc(NN)c(C)c(N(CCN(C)C)CC(C)C)n1. The normalized spacial score (nSPS) is 11.2. The van der Waals surface area contributed by atoms with Gasteiger partial charge in [-0.2, -0.15) is 0 Å². The van der Waals surface area contributed by atoms with Crippen LogP contribution < -0.4 is 16.2 Å². The number of nitrogen functional groups attached to an aromatic ring is 1. The van der Waals surface area contributed by atoms with Crippen molar-refractivity contribution in [1.82, 2.24) is 14.9 Å². The van der Waals surface area contributed by atoms with Crippen LogP contribution in [0.25, 0.3) is 0 Å². The van der Waals surface area contributed by atoms with E-state index in [0.29, 0.717) is 11.7 Å². The van der Waals surface area contributed by atoms with Crippen LogP contribution in [-0.4, -0.2) is 48.6 Å². The first-order valence-corrected chi connectivity index (χ1v) is 7.06. The second kappa shape index (κ2) is 7.40. The summed E-state index contributed by atoms with van der Waals surface area (Å²) < 4.78 is 0. The third-order valence-corrected chi connectivity index (χ3v) is 3.07. The molecule has 0 aromatic carbocycles. The Bertz CT molecular complexity index is 430. The monoisotopic (exact) mass is 280 g/mol. The second-order valence-electron chi connectivity index (χ2n) is 5.86. The molecule has 20 heavy (non-hydrogen) atoms. The molecule has 1 heterocycles. The van der Waals surface area contributed by atoms with Gasteiger partial charge in [-0.3, -0.25) is 0 Å². The van der Waals surface area contributed by atoms with E-state index >= 15 is 0 Å². The maximum absolute atomic E-state index is 5.54. The van der Waals surface area contributed by atoms with Crippen molar-refractivity contribution in [3.63, 3.8) is 0 Å². The van der Waals surface area contributed by atoms with Crippen molar-refractivity contribution < 1.29 is 0 Å². The minimum absolute atomic E-state index is 0.570. The standard InChI is InChI=1S/C14H28N6/c1-10(2)9-20(8-7-19(5)6)14-11(3)13(18-15)16-12(4)17-14/h10H,7-9,15H2,1-6H3,(H,16,17,18). The smallest absolute Gasteiger partial charge is 0.148 e. The number of anilines is 2. The number of nitrogens with one attached hydrogen (secondary N) is 1. The first-order valence-electron chi connectivity index (χ1n) is 7.06. The molecule has 114 valence electrons. The summed E-state index contributed by atoms with van der Waals surface area (Å²) in [6.45, 7) is 11.2. The fraction of sp³-hybridized carbons (Fsp3) is 0.714. The average molecular weight is 280 g/mol. The lowest BCUT2D eigenvalue weighted by atomic mass is 10.2. The number of rotatable bonds is 7. The summed E-state index contributed by atoms with van der Waals surface area (Å²) >= 11 is 0. The van der Waals surface area contributed by atoms with Crippen molar-refractivity contribution >= 4 is 11.6 Å². The highest BCUT2D eigenvalue weighted by Gasteiger charge is 2.16. The number of aryl methyl sites for hydroxylation is 1. The molecule has 6 heteroatoms. The Morgan fingerprint density at radius 3 is 2.30 bits per heavy atom. The van der Waals surface area contributed by atoms with E-state index in [9.17, 15) is 0 Å². The van der Waals surface area contributed by atoms with Crippen molar-refractivity contribution in [3.8, 4) is 0 Å². The molecule has 0 amide bonds. The Hall–Kier alpha value is -1.40.